The highest BCUT2D eigenvalue weighted by atomic mass is 16.5. The molecule has 8 heteroatoms. The zero-order chi connectivity index (χ0) is 53.8. The molecule has 0 saturated carbocycles. The van der Waals surface area contributed by atoms with Gasteiger partial charge in [-0.1, -0.05) is 164 Å². The molecule has 13 aromatic carbocycles. The van der Waals surface area contributed by atoms with E-state index in [9.17, 15) is 0 Å². The van der Waals surface area contributed by atoms with Gasteiger partial charge in [-0.15, -0.1) is 0 Å². The molecule has 0 radical (unpaired) electrons. The van der Waals surface area contributed by atoms with Gasteiger partial charge in [0, 0.05) is 67.6 Å². The summed E-state index contributed by atoms with van der Waals surface area (Å²) < 4.78 is 14.4. The molecule has 0 amide bonds. The maximum absolute atomic E-state index is 7.20. The largest absolute Gasteiger partial charge is 0.458 e. The Labute approximate surface area is 476 Å². The van der Waals surface area contributed by atoms with Crippen LogP contribution >= 0.6 is 0 Å². The fourth-order valence-corrected chi connectivity index (χ4v) is 13.6. The van der Waals surface area contributed by atoms with E-state index in [1.807, 2.05) is 0 Å². The van der Waals surface area contributed by atoms with E-state index in [0.29, 0.717) is 0 Å². The average Bonchev–Trinajstić information content (AvgIpc) is 2.83. The maximum Gasteiger partial charge on any atom is 0.256 e. The number of hydrogen-bond donors (Lipinski definition) is 0. The summed E-state index contributed by atoms with van der Waals surface area (Å²) in [5, 5.41) is 4.44. The highest BCUT2D eigenvalue weighted by molar-refractivity contribution is 7.02. The summed E-state index contributed by atoms with van der Waals surface area (Å²) in [6.07, 6.45) is 0. The van der Waals surface area contributed by atoms with E-state index in [0.717, 1.165) is 135 Å². The number of hydrogen-bond acceptors (Lipinski definition) is 6. The van der Waals surface area contributed by atoms with E-state index in [2.05, 4.69) is 311 Å². The van der Waals surface area contributed by atoms with Crippen LogP contribution in [0, 0.1) is 0 Å². The van der Waals surface area contributed by atoms with Crippen molar-refractivity contribution in [2.45, 2.75) is 0 Å². The molecular weight excluding hydrogens is 998 g/mol. The summed E-state index contributed by atoms with van der Waals surface area (Å²) in [5.74, 6) is 3.45. The van der Waals surface area contributed by atoms with Gasteiger partial charge in [-0.05, 0) is 171 Å². The Bertz CT molecular complexity index is 4290. The smallest absolute Gasteiger partial charge is 0.256 e. The normalized spacial score (nSPS) is 13.0. The summed E-state index contributed by atoms with van der Waals surface area (Å²) in [6, 6.07) is 105. The standard InChI is InChI=1S/C74H48B2N4O2/c1-7-23-51(24-8-1)77(52-25-9-2-10-26-52)57-39-41-59-49(43-57)45-69-71-73(59)79(55-31-15-5-16-32-55)65-48-66-64(47-63(65)75(71)61-35-19-21-37-67(61)81-69)76-62-36-20-22-38-68(62)82-70-46-50-44-58(78(53-27-11-3-12-28-53)54-29-13-4-14-30-54)40-42-60(50)74(72(70)76)80(66)56-33-17-6-18-34-56/h1-48H. The second-order valence-electron chi connectivity index (χ2n) is 21.6. The van der Waals surface area contributed by atoms with Crippen molar-refractivity contribution in [3.63, 3.8) is 0 Å². The van der Waals surface area contributed by atoms with Crippen LogP contribution in [0.5, 0.6) is 23.0 Å². The van der Waals surface area contributed by atoms with Crippen molar-refractivity contribution in [3.05, 3.63) is 291 Å². The second-order valence-corrected chi connectivity index (χ2v) is 21.6. The maximum atomic E-state index is 7.20. The van der Waals surface area contributed by atoms with Crippen LogP contribution in [-0.4, -0.2) is 13.4 Å². The van der Waals surface area contributed by atoms with E-state index in [4.69, 9.17) is 9.47 Å². The lowest BCUT2D eigenvalue weighted by molar-refractivity contribution is 0.488. The van der Waals surface area contributed by atoms with E-state index in [1.54, 1.807) is 0 Å². The Hall–Kier alpha value is -10.7. The molecule has 4 heterocycles. The van der Waals surface area contributed by atoms with Crippen LogP contribution in [0.4, 0.5) is 68.2 Å². The fraction of sp³-hybridized carbons (Fsp3) is 0. The molecule has 0 bridgehead atoms. The second kappa shape index (κ2) is 18.4. The molecule has 0 unspecified atom stereocenters. The third-order valence-corrected chi connectivity index (χ3v) is 17.0. The highest BCUT2D eigenvalue weighted by Crippen LogP contribution is 2.51. The molecule has 4 aliphatic rings. The van der Waals surface area contributed by atoms with Crippen molar-refractivity contribution in [1.29, 1.82) is 0 Å². The zero-order valence-electron chi connectivity index (χ0n) is 44.5. The molecule has 82 heavy (non-hydrogen) atoms. The van der Waals surface area contributed by atoms with Crippen molar-refractivity contribution in [3.8, 4) is 23.0 Å². The predicted octanol–water partition coefficient (Wildman–Crippen LogP) is 15.7. The number of para-hydroxylation sites is 8. The van der Waals surface area contributed by atoms with Crippen LogP contribution in [0.1, 0.15) is 0 Å². The number of nitrogens with zero attached hydrogens (tertiary/aromatic N) is 4. The SMILES string of the molecule is c1ccc(N(c2ccccc2)c2ccc3c4c5c(cc3c2)Oc2ccccc2B5c2cc3c(cc2N4c2ccccc2)N(c2ccccc2)c2c4c(cc5cc(N(c6ccccc6)c6ccccc6)ccc25)Oc2ccccc2B34)cc1. The van der Waals surface area contributed by atoms with Crippen LogP contribution < -0.4 is 61.9 Å². The Kier molecular flexibility index (Phi) is 10.4. The van der Waals surface area contributed by atoms with Crippen LogP contribution in [0.3, 0.4) is 0 Å². The molecule has 0 fully saturated rings. The van der Waals surface area contributed by atoms with E-state index in [-0.39, 0.29) is 13.4 Å². The number of benzene rings is 13. The first kappa shape index (κ1) is 46.2. The zero-order valence-corrected chi connectivity index (χ0v) is 44.5. The van der Waals surface area contributed by atoms with Gasteiger partial charge in [0.2, 0.25) is 0 Å². The van der Waals surface area contributed by atoms with Gasteiger partial charge in [0.15, 0.2) is 0 Å². The molecule has 17 rings (SSSR count). The summed E-state index contributed by atoms with van der Waals surface area (Å²) in [6.45, 7) is -0.310. The van der Waals surface area contributed by atoms with Crippen molar-refractivity contribution in [2.75, 3.05) is 19.6 Å². The van der Waals surface area contributed by atoms with Gasteiger partial charge in [0.05, 0.1) is 11.4 Å². The van der Waals surface area contributed by atoms with Crippen molar-refractivity contribution >= 4 is 136 Å². The van der Waals surface area contributed by atoms with Crippen LogP contribution in [0.25, 0.3) is 21.5 Å². The Morgan fingerprint density at radius 2 is 0.610 bits per heavy atom. The first-order chi connectivity index (χ1) is 40.7. The molecule has 0 saturated heterocycles. The monoisotopic (exact) mass is 1050 g/mol. The molecule has 6 nitrogen and oxygen atoms in total. The minimum atomic E-state index is -0.155. The quantitative estimate of drug-likeness (QED) is 0.141. The van der Waals surface area contributed by atoms with Crippen molar-refractivity contribution in [2.24, 2.45) is 0 Å². The molecule has 0 aliphatic carbocycles. The first-order valence-corrected chi connectivity index (χ1v) is 28.1. The summed E-state index contributed by atoms with van der Waals surface area (Å²) in [7, 11) is 0. The van der Waals surface area contributed by atoms with Gasteiger partial charge in [0.1, 0.15) is 23.0 Å². The number of rotatable bonds is 8. The number of anilines is 12. The Morgan fingerprint density at radius 3 is 0.988 bits per heavy atom. The van der Waals surface area contributed by atoms with Crippen LogP contribution in [0.2, 0.25) is 0 Å². The van der Waals surface area contributed by atoms with Gasteiger partial charge in [-0.3, -0.25) is 0 Å². The predicted molar refractivity (Wildman–Crippen MR) is 343 cm³/mol. The summed E-state index contributed by atoms with van der Waals surface area (Å²) in [5.41, 5.74) is 20.1. The average molecular weight is 1050 g/mol. The molecule has 0 N–H and O–H groups in total. The molecule has 4 aliphatic heterocycles. The van der Waals surface area contributed by atoms with Gasteiger partial charge in [0.25, 0.3) is 13.4 Å². The van der Waals surface area contributed by atoms with E-state index < -0.39 is 0 Å². The summed E-state index contributed by atoms with van der Waals surface area (Å²) >= 11 is 0. The molecule has 0 atom stereocenters. The third kappa shape index (κ3) is 7.11. The molecule has 0 aromatic heterocycles. The molecule has 13 aromatic rings. The van der Waals surface area contributed by atoms with Gasteiger partial charge in [-0.2, -0.15) is 0 Å². The van der Waals surface area contributed by atoms with Crippen LogP contribution in [-0.2, 0) is 0 Å². The molecule has 382 valence electrons. The number of fused-ring (bicyclic) bond motifs is 12. The lowest BCUT2D eigenvalue weighted by atomic mass is 9.30. The lowest BCUT2D eigenvalue weighted by Gasteiger charge is -2.45. The van der Waals surface area contributed by atoms with Crippen molar-refractivity contribution < 1.29 is 9.47 Å². The van der Waals surface area contributed by atoms with Gasteiger partial charge in [-0.25, -0.2) is 0 Å². The first-order valence-electron chi connectivity index (χ1n) is 28.1. The van der Waals surface area contributed by atoms with Gasteiger partial charge < -0.3 is 29.1 Å². The summed E-state index contributed by atoms with van der Waals surface area (Å²) in [4.78, 5) is 9.72. The number of ether oxygens (including phenoxy) is 2. The Balaban J connectivity index is 0.941. The van der Waals surface area contributed by atoms with Crippen LogP contribution in [0.15, 0.2) is 291 Å². The van der Waals surface area contributed by atoms with E-state index in [1.165, 1.54) is 10.9 Å². The van der Waals surface area contributed by atoms with E-state index >= 15 is 0 Å². The minimum Gasteiger partial charge on any atom is -0.458 e. The van der Waals surface area contributed by atoms with Crippen molar-refractivity contribution in [1.82, 2.24) is 0 Å². The highest BCUT2D eigenvalue weighted by Gasteiger charge is 2.48. The Morgan fingerprint density at radius 1 is 0.268 bits per heavy atom. The topological polar surface area (TPSA) is 31.4 Å². The van der Waals surface area contributed by atoms with Gasteiger partial charge >= 0.3 is 0 Å². The fourth-order valence-electron chi connectivity index (χ4n) is 13.6. The molecular formula is C74H48B2N4O2. The lowest BCUT2D eigenvalue weighted by Crippen LogP contribution is -2.63. The molecule has 0 spiro atoms. The third-order valence-electron chi connectivity index (χ3n) is 17.0. The minimum absolute atomic E-state index is 0.155.